The SMILES string of the molecule is [B]C([B])(C)C(C)(C)C. The second-order valence-electron chi connectivity index (χ2n) is 3.53. The Bertz CT molecular complexity index is 61.5. The third kappa shape index (κ3) is 1.94. The molecule has 0 saturated heterocycles. The first-order valence-electron chi connectivity index (χ1n) is 2.83. The van der Waals surface area contributed by atoms with Crippen LogP contribution in [-0.4, -0.2) is 15.7 Å². The molecule has 0 aromatic rings. The number of rotatable bonds is 0. The second-order valence-corrected chi connectivity index (χ2v) is 3.53. The fourth-order valence-corrected chi connectivity index (χ4v) is 0. The number of hydrogen-bond acceptors (Lipinski definition) is 0. The summed E-state index contributed by atoms with van der Waals surface area (Å²) in [5.74, 6) is 0. The molecular weight excluding hydrogens is 93.7 g/mol. The molecule has 2 heteroatoms. The zero-order valence-electron chi connectivity index (χ0n) is 6.15. The van der Waals surface area contributed by atoms with E-state index in [1.807, 2.05) is 27.7 Å². The minimum Gasteiger partial charge on any atom is -0.0970 e. The Morgan fingerprint density at radius 1 is 0.875 bits per heavy atom. The highest BCUT2D eigenvalue weighted by atomic mass is 14.2. The van der Waals surface area contributed by atoms with E-state index < -0.39 is 5.21 Å². The van der Waals surface area contributed by atoms with Crippen LogP contribution in [0.1, 0.15) is 27.7 Å². The summed E-state index contributed by atoms with van der Waals surface area (Å²) in [5.41, 5.74) is -0.00694. The molecule has 0 N–H and O–H groups in total. The molecule has 0 amide bonds. The highest BCUT2D eigenvalue weighted by molar-refractivity contribution is 6.39. The van der Waals surface area contributed by atoms with Gasteiger partial charge in [-0.15, -0.1) is 0 Å². The Morgan fingerprint density at radius 3 is 1.00 bits per heavy atom. The highest BCUT2D eigenvalue weighted by Gasteiger charge is 2.25. The number of hydrogen-bond donors (Lipinski definition) is 0. The van der Waals surface area contributed by atoms with Crippen LogP contribution in [-0.2, 0) is 0 Å². The fraction of sp³-hybridized carbons (Fsp3) is 1.00. The topological polar surface area (TPSA) is 0 Å². The summed E-state index contributed by atoms with van der Waals surface area (Å²) in [6.45, 7) is 7.89. The first-order valence-corrected chi connectivity index (χ1v) is 2.83. The van der Waals surface area contributed by atoms with Gasteiger partial charge in [0, 0.05) is 0 Å². The molecule has 0 heterocycles. The Kier molecular flexibility index (Phi) is 1.85. The summed E-state index contributed by atoms with van der Waals surface area (Å²) in [7, 11) is 11.2. The molecular formula is C6H12B2. The van der Waals surface area contributed by atoms with Crippen molar-refractivity contribution in [1.29, 1.82) is 0 Å². The van der Waals surface area contributed by atoms with E-state index >= 15 is 0 Å². The van der Waals surface area contributed by atoms with Crippen LogP contribution < -0.4 is 0 Å². The predicted octanol–water partition coefficient (Wildman–Crippen LogP) is 1.51. The third-order valence-corrected chi connectivity index (χ3v) is 1.62. The lowest BCUT2D eigenvalue weighted by Gasteiger charge is -2.36. The molecule has 8 heavy (non-hydrogen) atoms. The van der Waals surface area contributed by atoms with Gasteiger partial charge in [0.1, 0.15) is 0 Å². The van der Waals surface area contributed by atoms with Gasteiger partial charge in [0.15, 0.2) is 0 Å². The molecule has 0 aliphatic rings. The standard InChI is InChI=1S/C6H12B2/c1-5(2,3)6(4,7)8/h1-4H3. The van der Waals surface area contributed by atoms with Gasteiger partial charge in [-0.25, -0.2) is 0 Å². The molecule has 0 aliphatic carbocycles. The maximum absolute atomic E-state index is 5.59. The zero-order chi connectivity index (χ0) is 7.00. The molecule has 0 unspecified atom stereocenters. The van der Waals surface area contributed by atoms with E-state index in [-0.39, 0.29) is 5.41 Å². The van der Waals surface area contributed by atoms with Crippen molar-refractivity contribution in [3.05, 3.63) is 0 Å². The minimum atomic E-state index is -0.562. The summed E-state index contributed by atoms with van der Waals surface area (Å²) in [4.78, 5) is 0. The van der Waals surface area contributed by atoms with Crippen molar-refractivity contribution in [2.75, 3.05) is 0 Å². The van der Waals surface area contributed by atoms with Gasteiger partial charge in [-0.2, -0.15) is 0 Å². The molecule has 0 aromatic carbocycles. The average Bonchev–Trinajstić information content (AvgIpc) is 1.25. The Labute approximate surface area is 54.9 Å². The Balaban J connectivity index is 4.02. The van der Waals surface area contributed by atoms with E-state index in [1.54, 1.807) is 0 Å². The van der Waals surface area contributed by atoms with E-state index in [0.717, 1.165) is 0 Å². The van der Waals surface area contributed by atoms with Gasteiger partial charge >= 0.3 is 0 Å². The van der Waals surface area contributed by atoms with Crippen LogP contribution in [0.4, 0.5) is 0 Å². The van der Waals surface area contributed by atoms with Gasteiger partial charge < -0.3 is 0 Å². The van der Waals surface area contributed by atoms with E-state index in [0.29, 0.717) is 0 Å². The monoisotopic (exact) mass is 106 g/mol. The van der Waals surface area contributed by atoms with E-state index in [1.165, 1.54) is 0 Å². The van der Waals surface area contributed by atoms with Gasteiger partial charge in [-0.1, -0.05) is 32.9 Å². The van der Waals surface area contributed by atoms with Crippen LogP contribution in [0.5, 0.6) is 0 Å². The van der Waals surface area contributed by atoms with Crippen LogP contribution in [0.2, 0.25) is 5.21 Å². The van der Waals surface area contributed by atoms with E-state index in [9.17, 15) is 0 Å². The van der Waals surface area contributed by atoms with Crippen LogP contribution in [0, 0.1) is 5.41 Å². The van der Waals surface area contributed by atoms with Crippen molar-refractivity contribution >= 4 is 15.7 Å². The van der Waals surface area contributed by atoms with Crippen LogP contribution >= 0.6 is 0 Å². The van der Waals surface area contributed by atoms with Crippen molar-refractivity contribution in [3.63, 3.8) is 0 Å². The molecule has 0 fully saturated rings. The first kappa shape index (κ1) is 8.13. The first-order chi connectivity index (χ1) is 3.25. The van der Waals surface area contributed by atoms with Gasteiger partial charge in [-0.05, 0) is 5.41 Å². The summed E-state index contributed by atoms with van der Waals surface area (Å²) >= 11 is 0. The molecule has 0 aromatic heterocycles. The summed E-state index contributed by atoms with van der Waals surface area (Å²) < 4.78 is 0. The molecule has 0 spiro atoms. The maximum atomic E-state index is 5.59. The third-order valence-electron chi connectivity index (χ3n) is 1.62. The molecule has 0 rings (SSSR count). The second kappa shape index (κ2) is 1.82. The van der Waals surface area contributed by atoms with Gasteiger partial charge in [0.05, 0.1) is 15.7 Å². The van der Waals surface area contributed by atoms with Crippen LogP contribution in [0.3, 0.4) is 0 Å². The minimum absolute atomic E-state index is 0.00694. The van der Waals surface area contributed by atoms with Gasteiger partial charge in [0.25, 0.3) is 0 Å². The molecule has 0 aliphatic heterocycles. The largest absolute Gasteiger partial charge is 0.0970 e. The van der Waals surface area contributed by atoms with Crippen molar-refractivity contribution in [1.82, 2.24) is 0 Å². The van der Waals surface area contributed by atoms with E-state index in [2.05, 4.69) is 0 Å². The van der Waals surface area contributed by atoms with Crippen LogP contribution in [0.15, 0.2) is 0 Å². The van der Waals surface area contributed by atoms with Crippen molar-refractivity contribution in [2.24, 2.45) is 5.41 Å². The lowest BCUT2D eigenvalue weighted by atomic mass is 9.45. The van der Waals surface area contributed by atoms with Gasteiger partial charge in [-0.3, -0.25) is 0 Å². The quantitative estimate of drug-likeness (QED) is 0.410. The molecule has 0 saturated carbocycles. The lowest BCUT2D eigenvalue weighted by molar-refractivity contribution is 0.363. The van der Waals surface area contributed by atoms with Crippen LogP contribution in [0.25, 0.3) is 0 Å². The highest BCUT2D eigenvalue weighted by Crippen LogP contribution is 2.37. The van der Waals surface area contributed by atoms with Crippen molar-refractivity contribution < 1.29 is 0 Å². The fourth-order valence-electron chi connectivity index (χ4n) is 0. The summed E-state index contributed by atoms with van der Waals surface area (Å²) in [6, 6.07) is 0. The normalized spacial score (nSPS) is 14.0. The molecule has 4 radical (unpaired) electrons. The zero-order valence-corrected chi connectivity index (χ0v) is 6.15. The summed E-state index contributed by atoms with van der Waals surface area (Å²) in [6.07, 6.45) is 0. The Hall–Kier alpha value is 0.130. The van der Waals surface area contributed by atoms with Gasteiger partial charge in [0.2, 0.25) is 0 Å². The average molecular weight is 106 g/mol. The Morgan fingerprint density at radius 2 is 1.00 bits per heavy atom. The maximum Gasteiger partial charge on any atom is 0.0623 e. The van der Waals surface area contributed by atoms with Crippen molar-refractivity contribution in [2.45, 2.75) is 32.9 Å². The molecule has 0 atom stereocenters. The lowest BCUT2D eigenvalue weighted by Crippen LogP contribution is -2.26. The summed E-state index contributed by atoms with van der Waals surface area (Å²) in [5, 5.41) is -0.562. The molecule has 0 nitrogen and oxygen atoms in total. The molecule has 42 valence electrons. The van der Waals surface area contributed by atoms with E-state index in [4.69, 9.17) is 15.7 Å². The predicted molar refractivity (Wildman–Crippen MR) is 39.3 cm³/mol. The molecule has 0 bridgehead atoms. The smallest absolute Gasteiger partial charge is 0.0623 e. The van der Waals surface area contributed by atoms with Crippen molar-refractivity contribution in [3.8, 4) is 0 Å².